The zero-order chi connectivity index (χ0) is 13.0. The predicted octanol–water partition coefficient (Wildman–Crippen LogP) is 1.87. The van der Waals surface area contributed by atoms with Gasteiger partial charge in [0.2, 0.25) is 0 Å². The van der Waals surface area contributed by atoms with Gasteiger partial charge in [0.05, 0.1) is 18.9 Å². The van der Waals surface area contributed by atoms with Crippen LogP contribution in [0.15, 0.2) is 12.1 Å². The summed E-state index contributed by atoms with van der Waals surface area (Å²) in [6.45, 7) is 4.41. The molecule has 2 heterocycles. The Labute approximate surface area is 109 Å². The Kier molecular flexibility index (Phi) is 4.55. The minimum absolute atomic E-state index is 0.181. The van der Waals surface area contributed by atoms with Crippen LogP contribution in [-0.4, -0.2) is 43.3 Å². The highest BCUT2D eigenvalue weighted by Crippen LogP contribution is 2.22. The molecule has 1 aliphatic heterocycles. The smallest absolute Gasteiger partial charge is 0.142 e. The Morgan fingerprint density at radius 2 is 2.28 bits per heavy atom. The minimum atomic E-state index is 0.181. The number of nitrogens with zero attached hydrogens (tertiary/aromatic N) is 2. The van der Waals surface area contributed by atoms with E-state index in [2.05, 4.69) is 16.8 Å². The van der Waals surface area contributed by atoms with E-state index in [4.69, 9.17) is 9.47 Å². The van der Waals surface area contributed by atoms with Gasteiger partial charge in [-0.3, -0.25) is 4.98 Å². The van der Waals surface area contributed by atoms with Gasteiger partial charge in [-0.2, -0.15) is 0 Å². The fourth-order valence-corrected chi connectivity index (χ4v) is 2.04. The van der Waals surface area contributed by atoms with Crippen molar-refractivity contribution < 1.29 is 9.47 Å². The van der Waals surface area contributed by atoms with E-state index in [9.17, 15) is 0 Å². The van der Waals surface area contributed by atoms with Crippen molar-refractivity contribution in [1.29, 1.82) is 0 Å². The molecule has 1 aliphatic rings. The van der Waals surface area contributed by atoms with Gasteiger partial charge in [0.15, 0.2) is 0 Å². The SMILES string of the molecule is CCc1ccc(OC2CCOC2)c(CN(C)C)n1. The predicted molar refractivity (Wildman–Crippen MR) is 70.9 cm³/mol. The summed E-state index contributed by atoms with van der Waals surface area (Å²) in [7, 11) is 4.09. The van der Waals surface area contributed by atoms with Crippen molar-refractivity contribution in [2.24, 2.45) is 0 Å². The van der Waals surface area contributed by atoms with Crippen LogP contribution >= 0.6 is 0 Å². The van der Waals surface area contributed by atoms with E-state index in [1.807, 2.05) is 26.2 Å². The number of rotatable bonds is 5. The highest BCUT2D eigenvalue weighted by molar-refractivity contribution is 5.30. The third-order valence-corrected chi connectivity index (χ3v) is 3.00. The van der Waals surface area contributed by atoms with Crippen LogP contribution < -0.4 is 4.74 Å². The van der Waals surface area contributed by atoms with Gasteiger partial charge in [0, 0.05) is 18.7 Å². The largest absolute Gasteiger partial charge is 0.486 e. The average Bonchev–Trinajstić information content (AvgIpc) is 2.83. The summed E-state index contributed by atoms with van der Waals surface area (Å²) in [5.74, 6) is 0.899. The molecular weight excluding hydrogens is 228 g/mol. The first-order chi connectivity index (χ1) is 8.69. The van der Waals surface area contributed by atoms with Gasteiger partial charge in [-0.15, -0.1) is 0 Å². The molecule has 0 aliphatic carbocycles. The van der Waals surface area contributed by atoms with Gasteiger partial charge in [0.25, 0.3) is 0 Å². The molecule has 1 aromatic heterocycles. The summed E-state index contributed by atoms with van der Waals surface area (Å²) >= 11 is 0. The van der Waals surface area contributed by atoms with Crippen molar-refractivity contribution in [3.63, 3.8) is 0 Å². The standard InChI is InChI=1S/C14H22N2O2/c1-4-11-5-6-14(13(15-11)9-16(2)3)18-12-7-8-17-10-12/h5-6,12H,4,7-10H2,1-3H3. The van der Waals surface area contributed by atoms with E-state index < -0.39 is 0 Å². The van der Waals surface area contributed by atoms with Gasteiger partial charge in [-0.05, 0) is 32.6 Å². The summed E-state index contributed by atoms with van der Waals surface area (Å²) in [5, 5.41) is 0. The summed E-state index contributed by atoms with van der Waals surface area (Å²) in [5.41, 5.74) is 2.13. The average molecular weight is 250 g/mol. The van der Waals surface area contributed by atoms with E-state index in [1.165, 1.54) is 0 Å². The number of hydrogen-bond donors (Lipinski definition) is 0. The number of hydrogen-bond acceptors (Lipinski definition) is 4. The van der Waals surface area contributed by atoms with Crippen molar-refractivity contribution in [3.8, 4) is 5.75 Å². The summed E-state index contributed by atoms with van der Waals surface area (Å²) in [4.78, 5) is 6.78. The lowest BCUT2D eigenvalue weighted by Crippen LogP contribution is -2.19. The van der Waals surface area contributed by atoms with Gasteiger partial charge in [-0.25, -0.2) is 0 Å². The van der Waals surface area contributed by atoms with Crippen LogP contribution in [0.2, 0.25) is 0 Å². The summed E-state index contributed by atoms with van der Waals surface area (Å²) < 4.78 is 11.3. The Morgan fingerprint density at radius 3 is 2.89 bits per heavy atom. The van der Waals surface area contributed by atoms with Crippen molar-refractivity contribution in [2.75, 3.05) is 27.3 Å². The Morgan fingerprint density at radius 1 is 1.44 bits per heavy atom. The van der Waals surface area contributed by atoms with E-state index in [0.717, 1.165) is 43.1 Å². The molecule has 1 fully saturated rings. The molecule has 4 nitrogen and oxygen atoms in total. The van der Waals surface area contributed by atoms with Crippen molar-refractivity contribution >= 4 is 0 Å². The Hall–Kier alpha value is -1.13. The van der Waals surface area contributed by atoms with Gasteiger partial charge >= 0.3 is 0 Å². The lowest BCUT2D eigenvalue weighted by molar-refractivity contribution is 0.139. The Bertz CT molecular complexity index is 387. The monoisotopic (exact) mass is 250 g/mol. The normalized spacial score (nSPS) is 19.4. The van der Waals surface area contributed by atoms with E-state index >= 15 is 0 Å². The maximum atomic E-state index is 5.99. The van der Waals surface area contributed by atoms with Gasteiger partial charge in [0.1, 0.15) is 11.9 Å². The molecule has 2 rings (SSSR count). The molecule has 1 atom stereocenters. The second-order valence-electron chi connectivity index (χ2n) is 4.94. The fraction of sp³-hybridized carbons (Fsp3) is 0.643. The van der Waals surface area contributed by atoms with Gasteiger partial charge in [-0.1, -0.05) is 6.92 Å². The first kappa shape index (κ1) is 13.3. The molecule has 1 aromatic rings. The zero-order valence-corrected chi connectivity index (χ0v) is 11.5. The van der Waals surface area contributed by atoms with Crippen LogP contribution in [0.3, 0.4) is 0 Å². The first-order valence-electron chi connectivity index (χ1n) is 6.57. The van der Waals surface area contributed by atoms with Crippen LogP contribution in [0.1, 0.15) is 24.7 Å². The second kappa shape index (κ2) is 6.16. The third-order valence-electron chi connectivity index (χ3n) is 3.00. The van der Waals surface area contributed by atoms with Crippen LogP contribution in [0.25, 0.3) is 0 Å². The van der Waals surface area contributed by atoms with E-state index in [1.54, 1.807) is 0 Å². The molecule has 0 N–H and O–H groups in total. The molecule has 0 aromatic carbocycles. The lowest BCUT2D eigenvalue weighted by atomic mass is 10.2. The van der Waals surface area contributed by atoms with Gasteiger partial charge < -0.3 is 14.4 Å². The fourth-order valence-electron chi connectivity index (χ4n) is 2.04. The molecule has 4 heteroatoms. The number of aryl methyl sites for hydroxylation is 1. The molecule has 0 amide bonds. The number of aromatic nitrogens is 1. The second-order valence-corrected chi connectivity index (χ2v) is 4.94. The van der Waals surface area contributed by atoms with Crippen molar-refractivity contribution in [2.45, 2.75) is 32.4 Å². The minimum Gasteiger partial charge on any atom is -0.486 e. The van der Waals surface area contributed by atoms with Crippen LogP contribution in [0.5, 0.6) is 5.75 Å². The molecular formula is C14H22N2O2. The highest BCUT2D eigenvalue weighted by atomic mass is 16.5. The van der Waals surface area contributed by atoms with Crippen molar-refractivity contribution in [3.05, 3.63) is 23.5 Å². The number of pyridine rings is 1. The summed E-state index contributed by atoms with van der Waals surface area (Å²) in [6.07, 6.45) is 2.10. The first-order valence-corrected chi connectivity index (χ1v) is 6.57. The maximum absolute atomic E-state index is 5.99. The highest BCUT2D eigenvalue weighted by Gasteiger charge is 2.19. The summed E-state index contributed by atoms with van der Waals surface area (Å²) in [6, 6.07) is 4.09. The lowest BCUT2D eigenvalue weighted by Gasteiger charge is -2.18. The van der Waals surface area contributed by atoms with Crippen LogP contribution in [0, 0.1) is 0 Å². The quantitative estimate of drug-likeness (QED) is 0.799. The van der Waals surface area contributed by atoms with E-state index in [0.29, 0.717) is 6.61 Å². The molecule has 0 spiro atoms. The van der Waals surface area contributed by atoms with Crippen LogP contribution in [-0.2, 0) is 17.7 Å². The molecule has 1 unspecified atom stereocenters. The van der Waals surface area contributed by atoms with Crippen molar-refractivity contribution in [1.82, 2.24) is 9.88 Å². The molecule has 100 valence electrons. The third kappa shape index (κ3) is 3.43. The zero-order valence-electron chi connectivity index (χ0n) is 11.5. The maximum Gasteiger partial charge on any atom is 0.142 e. The molecule has 0 saturated carbocycles. The van der Waals surface area contributed by atoms with Crippen LogP contribution in [0.4, 0.5) is 0 Å². The number of ether oxygens (including phenoxy) is 2. The molecule has 18 heavy (non-hydrogen) atoms. The molecule has 0 radical (unpaired) electrons. The Balaban J connectivity index is 2.15. The van der Waals surface area contributed by atoms with E-state index in [-0.39, 0.29) is 6.10 Å². The molecule has 0 bridgehead atoms. The molecule has 1 saturated heterocycles. The topological polar surface area (TPSA) is 34.6 Å².